The van der Waals surface area contributed by atoms with Crippen molar-refractivity contribution in [1.82, 2.24) is 9.80 Å². The first kappa shape index (κ1) is 27.9. The number of carbonyl (C=O) groups is 3. The molecule has 0 aromatic heterocycles. The number of halogens is 1. The van der Waals surface area contributed by atoms with Crippen molar-refractivity contribution in [3.63, 3.8) is 0 Å². The van der Waals surface area contributed by atoms with E-state index < -0.39 is 6.04 Å². The molecule has 2 aromatic carbocycles. The summed E-state index contributed by atoms with van der Waals surface area (Å²) in [5.74, 6) is 0.282. The van der Waals surface area contributed by atoms with Crippen molar-refractivity contribution in [3.8, 4) is 5.75 Å². The molecule has 0 N–H and O–H groups in total. The average Bonchev–Trinajstić information content (AvgIpc) is 3.49. The molecule has 204 valence electrons. The van der Waals surface area contributed by atoms with Gasteiger partial charge in [-0.2, -0.15) is 0 Å². The maximum atomic E-state index is 13.6. The number of benzene rings is 2. The molecule has 38 heavy (non-hydrogen) atoms. The number of hydrogen-bond donors (Lipinski definition) is 0. The Morgan fingerprint density at radius 1 is 1.18 bits per heavy atom. The molecule has 4 rings (SSSR count). The largest absolute Gasteiger partial charge is 0.493 e. The van der Waals surface area contributed by atoms with Crippen LogP contribution in [0.2, 0.25) is 0 Å². The zero-order valence-electron chi connectivity index (χ0n) is 22.1. The van der Waals surface area contributed by atoms with Gasteiger partial charge >= 0.3 is 0 Å². The molecule has 2 heterocycles. The second-order valence-corrected chi connectivity index (χ2v) is 9.94. The molecule has 2 aliphatic heterocycles. The van der Waals surface area contributed by atoms with Gasteiger partial charge in [-0.25, -0.2) is 4.39 Å². The van der Waals surface area contributed by atoms with Gasteiger partial charge in [0.2, 0.25) is 0 Å². The number of carbonyl (C=O) groups excluding carboxylic acids is 3. The normalized spacial score (nSPS) is 17.0. The molecule has 1 amide bonds. The van der Waals surface area contributed by atoms with Crippen LogP contribution in [0.5, 0.6) is 5.75 Å². The fraction of sp³-hybridized carbons (Fsp3) is 0.500. The minimum atomic E-state index is -0.606. The zero-order valence-corrected chi connectivity index (χ0v) is 22.1. The van der Waals surface area contributed by atoms with Gasteiger partial charge in [-0.05, 0) is 80.6 Å². The van der Waals surface area contributed by atoms with Crippen molar-refractivity contribution >= 4 is 18.5 Å². The molecule has 8 heteroatoms. The molecule has 0 spiro atoms. The number of ether oxygens (including phenoxy) is 2. The molecule has 2 aromatic rings. The van der Waals surface area contributed by atoms with E-state index >= 15 is 0 Å². The average molecular weight is 525 g/mol. The van der Waals surface area contributed by atoms with Gasteiger partial charge < -0.3 is 28.9 Å². The lowest BCUT2D eigenvalue weighted by atomic mass is 10.0. The maximum Gasteiger partial charge on any atom is 0.255 e. The van der Waals surface area contributed by atoms with Crippen LogP contribution in [0.1, 0.15) is 78.6 Å². The lowest BCUT2D eigenvalue weighted by Crippen LogP contribution is -2.36. The Bertz CT molecular complexity index is 1120. The number of rotatable bonds is 16. The highest BCUT2D eigenvalue weighted by molar-refractivity contribution is 6.00. The van der Waals surface area contributed by atoms with Crippen LogP contribution < -0.4 is 4.74 Å². The van der Waals surface area contributed by atoms with Gasteiger partial charge in [0.15, 0.2) is 0 Å². The number of hydrogen-bond acceptors (Lipinski definition) is 6. The number of aldehydes is 2. The Morgan fingerprint density at radius 2 is 2.05 bits per heavy atom. The summed E-state index contributed by atoms with van der Waals surface area (Å²) in [5.41, 5.74) is 3.44. The van der Waals surface area contributed by atoms with Gasteiger partial charge in [0.25, 0.3) is 5.91 Å². The number of amides is 1. The van der Waals surface area contributed by atoms with Crippen molar-refractivity contribution in [2.45, 2.75) is 70.7 Å². The Kier molecular flexibility index (Phi) is 10.0. The summed E-state index contributed by atoms with van der Waals surface area (Å²) in [6, 6.07) is 9.74. The van der Waals surface area contributed by atoms with Crippen LogP contribution >= 0.6 is 0 Å². The van der Waals surface area contributed by atoms with Gasteiger partial charge in [0, 0.05) is 24.1 Å². The monoisotopic (exact) mass is 524 g/mol. The van der Waals surface area contributed by atoms with Gasteiger partial charge in [-0.3, -0.25) is 4.79 Å². The predicted octanol–water partition coefficient (Wildman–Crippen LogP) is 4.86. The van der Waals surface area contributed by atoms with E-state index in [1.165, 1.54) is 11.0 Å². The molecular formula is C30H37FN2O5. The van der Waals surface area contributed by atoms with Crippen molar-refractivity contribution in [2.24, 2.45) is 0 Å². The topological polar surface area (TPSA) is 76.2 Å². The molecule has 0 radical (unpaired) electrons. The van der Waals surface area contributed by atoms with Crippen molar-refractivity contribution in [3.05, 3.63) is 64.5 Å². The highest BCUT2D eigenvalue weighted by atomic mass is 19.1. The fourth-order valence-electron chi connectivity index (χ4n) is 5.31. The Balaban J connectivity index is 1.18. The van der Waals surface area contributed by atoms with E-state index in [1.54, 1.807) is 18.2 Å². The molecular weight excluding hydrogens is 487 g/mol. The van der Waals surface area contributed by atoms with Gasteiger partial charge in [-0.15, -0.1) is 0 Å². The summed E-state index contributed by atoms with van der Waals surface area (Å²) in [7, 11) is 0. The minimum Gasteiger partial charge on any atom is -0.493 e. The summed E-state index contributed by atoms with van der Waals surface area (Å²) >= 11 is 0. The van der Waals surface area contributed by atoms with E-state index in [9.17, 15) is 18.8 Å². The van der Waals surface area contributed by atoms with E-state index in [4.69, 9.17) is 9.47 Å². The zero-order chi connectivity index (χ0) is 26.9. The highest BCUT2D eigenvalue weighted by Gasteiger charge is 2.34. The first-order valence-corrected chi connectivity index (χ1v) is 13.6. The van der Waals surface area contributed by atoms with Crippen LogP contribution in [0, 0.1) is 5.82 Å². The summed E-state index contributed by atoms with van der Waals surface area (Å²) in [4.78, 5) is 39.0. The molecule has 0 fully saturated rings. The standard InChI is InChI=1S/C30H37FN2O5/c1-2-32(15-13-29-26-18-23(31)12-11-22(26)21-38-29)14-4-3-5-17-37-28-10-6-9-25-27(28)19-33(30(25)36)24(20-35)8-7-16-34/h6,9-12,16,18,20,24,29H,2-5,7-8,13-15,17,19,21H2,1H3/t24?,29-/m0/s1. The third-order valence-electron chi connectivity index (χ3n) is 7.52. The van der Waals surface area contributed by atoms with E-state index in [2.05, 4.69) is 11.8 Å². The van der Waals surface area contributed by atoms with E-state index in [0.29, 0.717) is 37.5 Å². The summed E-state index contributed by atoms with van der Waals surface area (Å²) in [6.07, 6.45) is 5.86. The van der Waals surface area contributed by atoms with Crippen LogP contribution in [0.3, 0.4) is 0 Å². The fourth-order valence-corrected chi connectivity index (χ4v) is 5.31. The minimum absolute atomic E-state index is 0.0367. The predicted molar refractivity (Wildman–Crippen MR) is 141 cm³/mol. The van der Waals surface area contributed by atoms with Crippen LogP contribution in [0.25, 0.3) is 0 Å². The quantitative estimate of drug-likeness (QED) is 0.231. The Hall–Kier alpha value is -3.10. The molecule has 2 atom stereocenters. The smallest absolute Gasteiger partial charge is 0.255 e. The second-order valence-electron chi connectivity index (χ2n) is 9.94. The molecule has 1 unspecified atom stereocenters. The van der Waals surface area contributed by atoms with Crippen LogP contribution in [0.4, 0.5) is 4.39 Å². The maximum absolute atomic E-state index is 13.6. The van der Waals surface area contributed by atoms with E-state index in [-0.39, 0.29) is 24.2 Å². The first-order valence-electron chi connectivity index (χ1n) is 13.6. The molecule has 2 aliphatic rings. The van der Waals surface area contributed by atoms with Gasteiger partial charge in [-0.1, -0.05) is 19.1 Å². The van der Waals surface area contributed by atoms with Crippen molar-refractivity contribution < 1.29 is 28.2 Å². The molecule has 0 saturated heterocycles. The number of fused-ring (bicyclic) bond motifs is 2. The SMILES string of the molecule is CCN(CCCCCOc1cccc2c1CN(C(C=O)CCC=O)C2=O)CC[C@@H]1OCc2ccc(F)cc21. The molecule has 0 aliphatic carbocycles. The second kappa shape index (κ2) is 13.6. The molecule has 0 bridgehead atoms. The van der Waals surface area contributed by atoms with E-state index in [0.717, 1.165) is 74.6 Å². The van der Waals surface area contributed by atoms with Crippen LogP contribution in [-0.2, 0) is 27.5 Å². The van der Waals surface area contributed by atoms with Crippen molar-refractivity contribution in [1.29, 1.82) is 0 Å². The number of unbranched alkanes of at least 4 members (excludes halogenated alkanes) is 2. The first-order chi connectivity index (χ1) is 18.5. The lowest BCUT2D eigenvalue weighted by Gasteiger charge is -2.22. The van der Waals surface area contributed by atoms with Gasteiger partial charge in [0.05, 0.1) is 31.9 Å². The van der Waals surface area contributed by atoms with Crippen molar-refractivity contribution in [2.75, 3.05) is 26.2 Å². The molecule has 7 nitrogen and oxygen atoms in total. The Morgan fingerprint density at radius 3 is 2.84 bits per heavy atom. The summed E-state index contributed by atoms with van der Waals surface area (Å²) < 4.78 is 25.6. The third-order valence-corrected chi connectivity index (χ3v) is 7.52. The lowest BCUT2D eigenvalue weighted by molar-refractivity contribution is -0.112. The van der Waals surface area contributed by atoms with Crippen LogP contribution in [0.15, 0.2) is 36.4 Å². The van der Waals surface area contributed by atoms with Crippen LogP contribution in [-0.4, -0.2) is 60.6 Å². The number of nitrogens with zero attached hydrogens (tertiary/aromatic N) is 2. The Labute approximate surface area is 223 Å². The third kappa shape index (κ3) is 6.66. The van der Waals surface area contributed by atoms with Gasteiger partial charge in [0.1, 0.15) is 24.1 Å². The summed E-state index contributed by atoms with van der Waals surface area (Å²) in [6.45, 7) is 6.42. The van der Waals surface area contributed by atoms with E-state index in [1.807, 2.05) is 12.1 Å². The summed E-state index contributed by atoms with van der Waals surface area (Å²) in [5, 5.41) is 0. The molecule has 0 saturated carbocycles. The highest BCUT2D eigenvalue weighted by Crippen LogP contribution is 2.34.